The highest BCUT2D eigenvalue weighted by molar-refractivity contribution is 5.76. The Hall–Kier alpha value is -1.31. The number of carbonyl (C=O) groups is 2. The first kappa shape index (κ1) is 40.2. The number of aliphatic hydroxyl groups is 1. The average Bonchev–Trinajstić information content (AvgIpc) is 2.65. The molecule has 0 aromatic heterocycles. The largest absolute Gasteiger partial charge is 0.459 e. The van der Waals surface area contributed by atoms with E-state index in [2.05, 4.69) is 4.74 Å². The summed E-state index contributed by atoms with van der Waals surface area (Å²) < 4.78 is 46.4. The summed E-state index contributed by atoms with van der Waals surface area (Å²) in [5.41, 5.74) is -2.19. The van der Waals surface area contributed by atoms with Crippen LogP contribution in [0.5, 0.6) is 0 Å². The highest BCUT2D eigenvalue weighted by Gasteiger charge is 2.59. The molecular weight excluding hydrogens is 485 g/mol. The molecule has 5 nitrogen and oxygen atoms in total. The monoisotopic (exact) mass is 542 g/mol. The number of hydrogen-bond donors (Lipinski definition) is 1. The van der Waals surface area contributed by atoms with Gasteiger partial charge in [0.1, 0.15) is 5.60 Å². The van der Waals surface area contributed by atoms with Crippen LogP contribution in [0.2, 0.25) is 0 Å². The molecule has 4 aliphatic carbocycles. The molecule has 0 aromatic carbocycles. The van der Waals surface area contributed by atoms with Gasteiger partial charge in [0.15, 0.2) is 6.10 Å². The molecule has 3 atom stereocenters. The molecule has 4 saturated carbocycles. The summed E-state index contributed by atoms with van der Waals surface area (Å²) in [5, 5.41) is 10.6. The van der Waals surface area contributed by atoms with Crippen molar-refractivity contribution in [2.24, 2.45) is 22.7 Å². The van der Waals surface area contributed by atoms with E-state index < -0.39 is 34.7 Å². The van der Waals surface area contributed by atoms with Crippen LogP contribution < -0.4 is 0 Å². The molecule has 4 aliphatic rings. The zero-order valence-corrected chi connectivity index (χ0v) is 21.1. The van der Waals surface area contributed by atoms with Gasteiger partial charge in [0.25, 0.3) is 0 Å². The molecule has 4 rings (SSSR count). The Labute approximate surface area is 225 Å². The minimum absolute atomic E-state index is 0. The summed E-state index contributed by atoms with van der Waals surface area (Å²) >= 11 is 0. The second-order valence-electron chi connectivity index (χ2n) is 11.8. The van der Waals surface area contributed by atoms with Crippen molar-refractivity contribution in [2.75, 3.05) is 0 Å². The average molecular weight is 543 g/mol. The standard InChI is InChI=1S/C16H26O3.C9H15F3O2.4CH4/c1-4-14(2,3)13(17)19-16-8-11-5-12(9-16)7-15(18,6-11)10-16;1-5-8(3,4)7(13)14-6(2)9(10,11)12;;;;/h11-12,18H,4-10H2,1-3H3;6H,5H2,1-4H3;4*1H4. The number of esters is 2. The van der Waals surface area contributed by atoms with Crippen molar-refractivity contribution < 1.29 is 37.3 Å². The number of hydrogen-bond acceptors (Lipinski definition) is 5. The lowest BCUT2D eigenvalue weighted by molar-refractivity contribution is -0.225. The van der Waals surface area contributed by atoms with E-state index in [-0.39, 0.29) is 41.3 Å². The third kappa shape index (κ3) is 9.74. The summed E-state index contributed by atoms with van der Waals surface area (Å²) in [4.78, 5) is 23.6. The maximum atomic E-state index is 12.4. The maximum absolute atomic E-state index is 12.4. The highest BCUT2D eigenvalue weighted by Crippen LogP contribution is 2.59. The molecule has 3 unspecified atom stereocenters. The zero-order chi connectivity index (χ0) is 25.5. The summed E-state index contributed by atoms with van der Waals surface area (Å²) in [6, 6.07) is 0. The fourth-order valence-corrected chi connectivity index (χ4v) is 5.26. The van der Waals surface area contributed by atoms with Crippen LogP contribution in [0.25, 0.3) is 0 Å². The molecule has 0 heterocycles. The van der Waals surface area contributed by atoms with Crippen molar-refractivity contribution in [3.8, 4) is 0 Å². The molecule has 8 heteroatoms. The van der Waals surface area contributed by atoms with Crippen molar-refractivity contribution in [3.05, 3.63) is 0 Å². The van der Waals surface area contributed by atoms with Crippen molar-refractivity contribution in [2.45, 2.75) is 153 Å². The van der Waals surface area contributed by atoms with E-state index in [0.29, 0.717) is 24.7 Å². The summed E-state index contributed by atoms with van der Waals surface area (Å²) in [6.45, 7) is 11.6. The van der Waals surface area contributed by atoms with Gasteiger partial charge < -0.3 is 14.6 Å². The van der Waals surface area contributed by atoms with Crippen molar-refractivity contribution in [3.63, 3.8) is 0 Å². The Bertz CT molecular complexity index is 716. The SMILES string of the molecule is C.C.C.C.CCC(C)(C)C(=O)OC(C)C(F)(F)F.CCC(C)(C)C(=O)OC12CC3CC(CC(O)(C3)C1)C2. The number of alkyl halides is 3. The molecule has 1 N–H and O–H groups in total. The van der Waals surface area contributed by atoms with Gasteiger partial charge in [0, 0.05) is 6.42 Å². The number of ether oxygens (including phenoxy) is 2. The van der Waals surface area contributed by atoms with Gasteiger partial charge >= 0.3 is 18.1 Å². The molecular formula is C29H57F3O5. The van der Waals surface area contributed by atoms with Crippen molar-refractivity contribution in [1.82, 2.24) is 0 Å². The zero-order valence-electron chi connectivity index (χ0n) is 21.1. The summed E-state index contributed by atoms with van der Waals surface area (Å²) in [5.74, 6) is 0.220. The maximum Gasteiger partial charge on any atom is 0.425 e. The van der Waals surface area contributed by atoms with E-state index in [9.17, 15) is 27.9 Å². The first-order valence-corrected chi connectivity index (χ1v) is 12.1. The minimum Gasteiger partial charge on any atom is -0.459 e. The van der Waals surface area contributed by atoms with Crippen LogP contribution in [0.4, 0.5) is 13.2 Å². The Balaban J connectivity index is -0.000000589. The third-order valence-electron chi connectivity index (χ3n) is 7.90. The molecule has 0 aromatic rings. The molecule has 4 fully saturated rings. The number of carbonyl (C=O) groups excluding carboxylic acids is 2. The lowest BCUT2D eigenvalue weighted by atomic mass is 9.52. The van der Waals surface area contributed by atoms with Gasteiger partial charge in [-0.15, -0.1) is 0 Å². The van der Waals surface area contributed by atoms with Gasteiger partial charge in [-0.2, -0.15) is 13.2 Å². The molecule has 0 amide bonds. The third-order valence-corrected chi connectivity index (χ3v) is 7.90. The Morgan fingerprint density at radius 3 is 1.62 bits per heavy atom. The fourth-order valence-electron chi connectivity index (χ4n) is 5.26. The number of halogens is 3. The van der Waals surface area contributed by atoms with E-state index in [1.165, 1.54) is 6.42 Å². The predicted molar refractivity (Wildman–Crippen MR) is 145 cm³/mol. The Morgan fingerprint density at radius 1 is 0.865 bits per heavy atom. The van der Waals surface area contributed by atoms with Crippen molar-refractivity contribution >= 4 is 11.9 Å². The Morgan fingerprint density at radius 2 is 1.27 bits per heavy atom. The quantitative estimate of drug-likeness (QED) is 0.341. The van der Waals surface area contributed by atoms with E-state index in [4.69, 9.17) is 4.74 Å². The lowest BCUT2D eigenvalue weighted by Crippen LogP contribution is -2.61. The van der Waals surface area contributed by atoms with Gasteiger partial charge in [-0.25, -0.2) is 0 Å². The van der Waals surface area contributed by atoms with Gasteiger partial charge in [-0.1, -0.05) is 43.6 Å². The van der Waals surface area contributed by atoms with Crippen LogP contribution in [0.1, 0.15) is 130 Å². The summed E-state index contributed by atoms with van der Waals surface area (Å²) in [6.07, 6.45) is 0.363. The van der Waals surface area contributed by atoms with E-state index in [1.54, 1.807) is 20.8 Å². The predicted octanol–water partition coefficient (Wildman–Crippen LogP) is 8.51. The van der Waals surface area contributed by atoms with Crippen LogP contribution in [0.3, 0.4) is 0 Å². The first-order valence-electron chi connectivity index (χ1n) is 12.1. The van der Waals surface area contributed by atoms with Crippen LogP contribution in [0, 0.1) is 22.7 Å². The molecule has 4 bridgehead atoms. The second-order valence-corrected chi connectivity index (χ2v) is 11.8. The normalized spacial score (nSPS) is 28.5. The molecule has 37 heavy (non-hydrogen) atoms. The smallest absolute Gasteiger partial charge is 0.425 e. The first-order chi connectivity index (χ1) is 14.9. The van der Waals surface area contributed by atoms with Gasteiger partial charge in [0.2, 0.25) is 0 Å². The van der Waals surface area contributed by atoms with Gasteiger partial charge in [0.05, 0.1) is 16.4 Å². The lowest BCUT2D eigenvalue weighted by Gasteiger charge is -2.59. The second kappa shape index (κ2) is 13.7. The molecule has 0 aliphatic heterocycles. The van der Waals surface area contributed by atoms with Crippen LogP contribution in [-0.4, -0.2) is 40.5 Å². The van der Waals surface area contributed by atoms with Crippen LogP contribution in [-0.2, 0) is 19.1 Å². The fraction of sp³-hybridized carbons (Fsp3) is 0.931. The van der Waals surface area contributed by atoms with Gasteiger partial charge in [-0.05, 0) is 91.4 Å². The molecule has 0 spiro atoms. The van der Waals surface area contributed by atoms with Crippen molar-refractivity contribution in [1.29, 1.82) is 0 Å². The van der Waals surface area contributed by atoms with E-state index >= 15 is 0 Å². The molecule has 0 radical (unpaired) electrons. The topological polar surface area (TPSA) is 72.8 Å². The highest BCUT2D eigenvalue weighted by atomic mass is 19.4. The van der Waals surface area contributed by atoms with Gasteiger partial charge in [-0.3, -0.25) is 9.59 Å². The molecule has 0 saturated heterocycles. The Kier molecular flexibility index (Phi) is 14.8. The van der Waals surface area contributed by atoms with Crippen LogP contribution in [0.15, 0.2) is 0 Å². The number of rotatable bonds is 6. The summed E-state index contributed by atoms with van der Waals surface area (Å²) in [7, 11) is 0. The van der Waals surface area contributed by atoms with Crippen LogP contribution >= 0.6 is 0 Å². The molecule has 224 valence electrons. The minimum atomic E-state index is -4.49. The van der Waals surface area contributed by atoms with E-state index in [1.807, 2.05) is 20.8 Å². The van der Waals surface area contributed by atoms with E-state index in [0.717, 1.165) is 39.0 Å².